The zero-order valence-corrected chi connectivity index (χ0v) is 15.1. The minimum atomic E-state index is -0.420. The molecule has 0 spiro atoms. The standard InChI is InChI=1S/C23H23NO2/c1-23(2,19-11-5-3-6-12-19)24-22(25)17-18-10-9-15-21(16-18)26-20-13-7-4-8-14-20/h3-16H,17H2,1-2H3,(H,24,25). The molecule has 26 heavy (non-hydrogen) atoms. The number of carbonyl (C=O) groups is 1. The van der Waals surface area contributed by atoms with E-state index in [0.717, 1.165) is 22.6 Å². The molecule has 0 atom stereocenters. The Balaban J connectivity index is 1.65. The molecule has 0 saturated heterocycles. The number of carbonyl (C=O) groups excluding carboxylic acids is 1. The Kier molecular flexibility index (Phi) is 5.37. The minimum absolute atomic E-state index is 0.0179. The van der Waals surface area contributed by atoms with Gasteiger partial charge in [0.2, 0.25) is 5.91 Å². The lowest BCUT2D eigenvalue weighted by atomic mass is 9.94. The van der Waals surface area contributed by atoms with Gasteiger partial charge in [0.05, 0.1) is 12.0 Å². The average molecular weight is 345 g/mol. The van der Waals surface area contributed by atoms with E-state index in [9.17, 15) is 4.79 Å². The first kappa shape index (κ1) is 17.7. The molecule has 3 aromatic carbocycles. The molecule has 3 aromatic rings. The quantitative estimate of drug-likeness (QED) is 0.677. The lowest BCUT2D eigenvalue weighted by Gasteiger charge is -2.27. The second-order valence-electron chi connectivity index (χ2n) is 6.78. The number of ether oxygens (including phenoxy) is 1. The highest BCUT2D eigenvalue weighted by Gasteiger charge is 2.22. The maximum absolute atomic E-state index is 12.5. The molecule has 0 aromatic heterocycles. The molecule has 132 valence electrons. The van der Waals surface area contributed by atoms with Gasteiger partial charge in [-0.1, -0.05) is 60.7 Å². The molecule has 3 heteroatoms. The summed E-state index contributed by atoms with van der Waals surface area (Å²) >= 11 is 0. The van der Waals surface area contributed by atoms with Crippen LogP contribution in [0.25, 0.3) is 0 Å². The van der Waals surface area contributed by atoms with Crippen LogP contribution < -0.4 is 10.1 Å². The number of amides is 1. The van der Waals surface area contributed by atoms with Crippen LogP contribution in [0.15, 0.2) is 84.9 Å². The van der Waals surface area contributed by atoms with Crippen molar-refractivity contribution in [2.45, 2.75) is 25.8 Å². The van der Waals surface area contributed by atoms with Crippen LogP contribution >= 0.6 is 0 Å². The lowest BCUT2D eigenvalue weighted by Crippen LogP contribution is -2.41. The molecular formula is C23H23NO2. The van der Waals surface area contributed by atoms with Crippen molar-refractivity contribution < 1.29 is 9.53 Å². The summed E-state index contributed by atoms with van der Waals surface area (Å²) in [6.45, 7) is 4.02. The predicted octanol–water partition coefficient (Wildman–Crippen LogP) is 5.07. The first-order valence-corrected chi connectivity index (χ1v) is 8.71. The molecule has 0 unspecified atom stereocenters. The highest BCUT2D eigenvalue weighted by Crippen LogP contribution is 2.23. The van der Waals surface area contributed by atoms with Gasteiger partial charge >= 0.3 is 0 Å². The first-order chi connectivity index (χ1) is 12.5. The van der Waals surface area contributed by atoms with Gasteiger partial charge in [0.1, 0.15) is 11.5 Å². The third kappa shape index (κ3) is 4.73. The summed E-state index contributed by atoms with van der Waals surface area (Å²) in [5.41, 5.74) is 1.57. The maximum atomic E-state index is 12.5. The fraction of sp³-hybridized carbons (Fsp3) is 0.174. The largest absolute Gasteiger partial charge is 0.457 e. The third-order valence-electron chi connectivity index (χ3n) is 4.19. The molecule has 0 heterocycles. The van der Waals surface area contributed by atoms with Crippen LogP contribution in [0.4, 0.5) is 0 Å². The molecule has 3 rings (SSSR count). The third-order valence-corrected chi connectivity index (χ3v) is 4.19. The van der Waals surface area contributed by atoms with Crippen molar-refractivity contribution in [1.82, 2.24) is 5.32 Å². The molecule has 0 saturated carbocycles. The van der Waals surface area contributed by atoms with Crippen molar-refractivity contribution in [2.24, 2.45) is 0 Å². The Labute approximate surface area is 154 Å². The monoisotopic (exact) mass is 345 g/mol. The van der Waals surface area contributed by atoms with Gasteiger partial charge < -0.3 is 10.1 Å². The fourth-order valence-corrected chi connectivity index (χ4v) is 2.85. The zero-order chi connectivity index (χ0) is 18.4. The Morgan fingerprint density at radius 2 is 1.46 bits per heavy atom. The van der Waals surface area contributed by atoms with E-state index >= 15 is 0 Å². The number of rotatable bonds is 6. The molecule has 0 aliphatic rings. The predicted molar refractivity (Wildman–Crippen MR) is 104 cm³/mol. The van der Waals surface area contributed by atoms with Crippen molar-refractivity contribution in [1.29, 1.82) is 0 Å². The summed E-state index contributed by atoms with van der Waals surface area (Å²) in [5, 5.41) is 3.11. The summed E-state index contributed by atoms with van der Waals surface area (Å²) in [4.78, 5) is 12.5. The Morgan fingerprint density at radius 1 is 0.846 bits per heavy atom. The van der Waals surface area contributed by atoms with Crippen molar-refractivity contribution in [2.75, 3.05) is 0 Å². The maximum Gasteiger partial charge on any atom is 0.225 e. The summed E-state index contributed by atoms with van der Waals surface area (Å²) in [6, 6.07) is 27.2. The van der Waals surface area contributed by atoms with Gasteiger partial charge in [-0.05, 0) is 49.2 Å². The van der Waals surface area contributed by atoms with E-state index in [1.54, 1.807) is 0 Å². The van der Waals surface area contributed by atoms with Crippen LogP contribution in [0.1, 0.15) is 25.0 Å². The Morgan fingerprint density at radius 3 is 2.15 bits per heavy atom. The molecule has 0 radical (unpaired) electrons. The van der Waals surface area contributed by atoms with Gasteiger partial charge in [-0.2, -0.15) is 0 Å². The van der Waals surface area contributed by atoms with Gasteiger partial charge in [-0.15, -0.1) is 0 Å². The topological polar surface area (TPSA) is 38.3 Å². The molecule has 0 bridgehead atoms. The highest BCUT2D eigenvalue weighted by molar-refractivity contribution is 5.79. The Bertz CT molecular complexity index is 858. The second kappa shape index (κ2) is 7.87. The average Bonchev–Trinajstić information content (AvgIpc) is 2.63. The van der Waals surface area contributed by atoms with E-state index in [-0.39, 0.29) is 5.91 Å². The summed E-state index contributed by atoms with van der Waals surface area (Å²) < 4.78 is 5.84. The molecule has 1 N–H and O–H groups in total. The van der Waals surface area contributed by atoms with Crippen LogP contribution in [0, 0.1) is 0 Å². The van der Waals surface area contributed by atoms with Crippen LogP contribution in [0.5, 0.6) is 11.5 Å². The van der Waals surface area contributed by atoms with Gasteiger partial charge in [0.25, 0.3) is 0 Å². The van der Waals surface area contributed by atoms with Crippen LogP contribution in [-0.4, -0.2) is 5.91 Å². The highest BCUT2D eigenvalue weighted by atomic mass is 16.5. The molecule has 0 aliphatic carbocycles. The van der Waals surface area contributed by atoms with Crippen molar-refractivity contribution in [3.05, 3.63) is 96.1 Å². The van der Waals surface area contributed by atoms with Crippen LogP contribution in [0.3, 0.4) is 0 Å². The first-order valence-electron chi connectivity index (χ1n) is 8.71. The summed E-state index contributed by atoms with van der Waals surface area (Å²) in [6.07, 6.45) is 0.308. The van der Waals surface area contributed by atoms with E-state index in [1.807, 2.05) is 98.8 Å². The second-order valence-corrected chi connectivity index (χ2v) is 6.78. The van der Waals surface area contributed by atoms with Crippen LogP contribution in [-0.2, 0) is 16.8 Å². The Hall–Kier alpha value is -3.07. The number of hydrogen-bond donors (Lipinski definition) is 1. The number of benzene rings is 3. The van der Waals surface area contributed by atoms with E-state index in [1.165, 1.54) is 0 Å². The number of para-hydroxylation sites is 1. The normalized spacial score (nSPS) is 11.0. The zero-order valence-electron chi connectivity index (χ0n) is 15.1. The van der Waals surface area contributed by atoms with Gasteiger partial charge in [0, 0.05) is 0 Å². The van der Waals surface area contributed by atoms with E-state index in [2.05, 4.69) is 5.32 Å². The molecule has 0 fully saturated rings. The van der Waals surface area contributed by atoms with Gasteiger partial charge in [-0.25, -0.2) is 0 Å². The smallest absolute Gasteiger partial charge is 0.225 e. The van der Waals surface area contributed by atoms with Crippen LogP contribution in [0.2, 0.25) is 0 Å². The van der Waals surface area contributed by atoms with Crippen molar-refractivity contribution >= 4 is 5.91 Å². The van der Waals surface area contributed by atoms with Crippen molar-refractivity contribution in [3.63, 3.8) is 0 Å². The van der Waals surface area contributed by atoms with E-state index < -0.39 is 5.54 Å². The van der Waals surface area contributed by atoms with E-state index in [0.29, 0.717) is 6.42 Å². The van der Waals surface area contributed by atoms with Gasteiger partial charge in [0.15, 0.2) is 0 Å². The molecule has 3 nitrogen and oxygen atoms in total. The summed E-state index contributed by atoms with van der Waals surface area (Å²) in [5.74, 6) is 1.49. The fourth-order valence-electron chi connectivity index (χ4n) is 2.85. The van der Waals surface area contributed by atoms with Gasteiger partial charge in [-0.3, -0.25) is 4.79 Å². The molecule has 0 aliphatic heterocycles. The minimum Gasteiger partial charge on any atom is -0.457 e. The SMILES string of the molecule is CC(C)(NC(=O)Cc1cccc(Oc2ccccc2)c1)c1ccccc1. The lowest BCUT2D eigenvalue weighted by molar-refractivity contribution is -0.122. The van der Waals surface area contributed by atoms with E-state index in [4.69, 9.17) is 4.74 Å². The molecule has 1 amide bonds. The number of nitrogens with one attached hydrogen (secondary N) is 1. The molecular weight excluding hydrogens is 322 g/mol. The number of hydrogen-bond acceptors (Lipinski definition) is 2. The van der Waals surface area contributed by atoms with Crippen molar-refractivity contribution in [3.8, 4) is 11.5 Å². The summed E-state index contributed by atoms with van der Waals surface area (Å²) in [7, 11) is 0.